The molecule has 0 N–H and O–H groups in total. The molecule has 0 atom stereocenters. The molecule has 0 aromatic carbocycles. The number of hydrogen-bond donors (Lipinski definition) is 0. The number of aromatic nitrogens is 1. The molecule has 1 aromatic heterocycles. The van der Waals surface area contributed by atoms with Gasteiger partial charge in [0.25, 0.3) is 0 Å². The van der Waals surface area contributed by atoms with Gasteiger partial charge in [0.2, 0.25) is 0 Å². The topological polar surface area (TPSA) is 22.1 Å². The Hall–Kier alpha value is -1.01. The lowest BCUT2D eigenvalue weighted by atomic mass is 10.2. The van der Waals surface area contributed by atoms with Gasteiger partial charge in [-0.1, -0.05) is 27.8 Å². The summed E-state index contributed by atoms with van der Waals surface area (Å²) in [5.41, 5.74) is 0.819. The second kappa shape index (κ2) is 4.78. The van der Waals surface area contributed by atoms with Gasteiger partial charge < -0.3 is 4.74 Å². The fourth-order valence-electron chi connectivity index (χ4n) is 0.782. The van der Waals surface area contributed by atoms with Crippen LogP contribution in [0.3, 0.4) is 0 Å². The Morgan fingerprint density at radius 3 is 3.17 bits per heavy atom. The van der Waals surface area contributed by atoms with Gasteiger partial charge in [0, 0.05) is 12.4 Å². The van der Waals surface area contributed by atoms with Crippen LogP contribution in [0.2, 0.25) is 0 Å². The number of nitrogens with zero attached hydrogens (tertiary/aromatic N) is 1. The number of hydrogen-bond acceptors (Lipinski definition) is 2. The van der Waals surface area contributed by atoms with Crippen LogP contribution < -0.4 is 4.74 Å². The summed E-state index contributed by atoms with van der Waals surface area (Å²) < 4.78 is 5.08. The van der Waals surface area contributed by atoms with Crippen LogP contribution in [0, 0.1) is 11.8 Å². The van der Waals surface area contributed by atoms with Crippen LogP contribution in [-0.2, 0) is 0 Å². The Morgan fingerprint density at radius 1 is 1.67 bits per heavy atom. The standard InChI is InChI=1S/C9H8BrNO/c1-12-9-4-6-11-7-8(9)3-2-5-10/h4,6-7H,5H2,1H3. The molecule has 0 bridgehead atoms. The molecule has 0 unspecified atom stereocenters. The van der Waals surface area contributed by atoms with Crippen molar-refractivity contribution in [3.8, 4) is 17.6 Å². The molecule has 0 amide bonds. The molecular weight excluding hydrogens is 218 g/mol. The Labute approximate surface area is 80.1 Å². The molecule has 0 saturated heterocycles. The molecule has 0 fully saturated rings. The predicted molar refractivity (Wildman–Crippen MR) is 51.5 cm³/mol. The fourth-order valence-corrected chi connectivity index (χ4v) is 0.922. The van der Waals surface area contributed by atoms with Crippen molar-refractivity contribution in [2.45, 2.75) is 0 Å². The van der Waals surface area contributed by atoms with E-state index in [-0.39, 0.29) is 0 Å². The highest BCUT2D eigenvalue weighted by atomic mass is 79.9. The zero-order valence-electron chi connectivity index (χ0n) is 6.67. The second-order valence-corrected chi connectivity index (χ2v) is 2.57. The average Bonchev–Trinajstić information content (AvgIpc) is 2.15. The highest BCUT2D eigenvalue weighted by Crippen LogP contribution is 2.13. The lowest BCUT2D eigenvalue weighted by Crippen LogP contribution is -1.88. The molecule has 0 aliphatic rings. The summed E-state index contributed by atoms with van der Waals surface area (Å²) in [6, 6.07) is 1.79. The van der Waals surface area contributed by atoms with Gasteiger partial charge in [-0.2, -0.15) is 0 Å². The summed E-state index contributed by atoms with van der Waals surface area (Å²) in [6.45, 7) is 0. The van der Waals surface area contributed by atoms with Gasteiger partial charge >= 0.3 is 0 Å². The molecule has 62 valence electrons. The minimum Gasteiger partial charge on any atom is -0.495 e. The molecule has 3 heteroatoms. The van der Waals surface area contributed by atoms with Crippen molar-refractivity contribution in [1.82, 2.24) is 4.98 Å². The largest absolute Gasteiger partial charge is 0.495 e. The van der Waals surface area contributed by atoms with Crippen molar-refractivity contribution in [1.29, 1.82) is 0 Å². The van der Waals surface area contributed by atoms with Gasteiger partial charge in [-0.15, -0.1) is 0 Å². The molecule has 2 nitrogen and oxygen atoms in total. The van der Waals surface area contributed by atoms with Crippen LogP contribution in [0.25, 0.3) is 0 Å². The zero-order chi connectivity index (χ0) is 8.81. The predicted octanol–water partition coefficient (Wildman–Crippen LogP) is 1.84. The maximum atomic E-state index is 5.08. The third-order valence-electron chi connectivity index (χ3n) is 1.29. The average molecular weight is 226 g/mol. The van der Waals surface area contributed by atoms with E-state index in [1.807, 2.05) is 0 Å². The van der Waals surface area contributed by atoms with E-state index in [2.05, 4.69) is 32.8 Å². The summed E-state index contributed by atoms with van der Waals surface area (Å²) in [5.74, 6) is 6.58. The molecule has 0 saturated carbocycles. The lowest BCUT2D eigenvalue weighted by Gasteiger charge is -1.99. The van der Waals surface area contributed by atoms with Gasteiger partial charge in [0.15, 0.2) is 0 Å². The van der Waals surface area contributed by atoms with E-state index in [9.17, 15) is 0 Å². The molecule has 1 rings (SSSR count). The molecule has 0 radical (unpaired) electrons. The van der Waals surface area contributed by atoms with E-state index in [0.29, 0.717) is 5.33 Å². The Kier molecular flexibility index (Phi) is 3.62. The SMILES string of the molecule is COc1ccncc1C#CCBr. The summed E-state index contributed by atoms with van der Waals surface area (Å²) in [5, 5.41) is 0.658. The molecule has 0 spiro atoms. The quantitative estimate of drug-likeness (QED) is 0.538. The highest BCUT2D eigenvalue weighted by molar-refractivity contribution is 9.09. The van der Waals surface area contributed by atoms with Gasteiger partial charge in [0.1, 0.15) is 5.75 Å². The number of rotatable bonds is 1. The van der Waals surface area contributed by atoms with E-state index < -0.39 is 0 Å². The van der Waals surface area contributed by atoms with Crippen molar-refractivity contribution < 1.29 is 4.74 Å². The van der Waals surface area contributed by atoms with Crippen molar-refractivity contribution in [3.05, 3.63) is 24.0 Å². The smallest absolute Gasteiger partial charge is 0.137 e. The van der Waals surface area contributed by atoms with Gasteiger partial charge in [-0.05, 0) is 6.07 Å². The fraction of sp³-hybridized carbons (Fsp3) is 0.222. The van der Waals surface area contributed by atoms with Crippen LogP contribution in [0.15, 0.2) is 18.5 Å². The summed E-state index contributed by atoms with van der Waals surface area (Å²) in [4.78, 5) is 3.95. The third-order valence-corrected chi connectivity index (χ3v) is 1.57. The van der Waals surface area contributed by atoms with Crippen molar-refractivity contribution in [3.63, 3.8) is 0 Å². The number of ether oxygens (including phenoxy) is 1. The molecule has 1 heterocycles. The first-order chi connectivity index (χ1) is 5.88. The molecule has 1 aromatic rings. The van der Waals surface area contributed by atoms with Crippen molar-refractivity contribution in [2.75, 3.05) is 12.4 Å². The number of alkyl halides is 1. The first-order valence-electron chi connectivity index (χ1n) is 3.41. The first kappa shape index (κ1) is 9.08. The molecule has 0 aliphatic heterocycles. The van der Waals surface area contributed by atoms with Crippen LogP contribution in [0.5, 0.6) is 5.75 Å². The number of methoxy groups -OCH3 is 1. The monoisotopic (exact) mass is 225 g/mol. The summed E-state index contributed by atoms with van der Waals surface area (Å²) >= 11 is 3.22. The van der Waals surface area contributed by atoms with E-state index >= 15 is 0 Å². The van der Waals surface area contributed by atoms with Crippen LogP contribution >= 0.6 is 15.9 Å². The Balaban J connectivity index is 2.97. The van der Waals surface area contributed by atoms with Crippen LogP contribution in [0.4, 0.5) is 0 Å². The minimum atomic E-state index is 0.658. The molecule has 0 aliphatic carbocycles. The molecule has 12 heavy (non-hydrogen) atoms. The third kappa shape index (κ3) is 2.24. The van der Waals surface area contributed by atoms with E-state index in [1.165, 1.54) is 0 Å². The van der Waals surface area contributed by atoms with Gasteiger partial charge in [0.05, 0.1) is 18.0 Å². The second-order valence-electron chi connectivity index (χ2n) is 2.01. The van der Waals surface area contributed by atoms with Crippen molar-refractivity contribution in [2.24, 2.45) is 0 Å². The zero-order valence-corrected chi connectivity index (χ0v) is 8.26. The first-order valence-corrected chi connectivity index (χ1v) is 4.53. The van der Waals surface area contributed by atoms with E-state index in [4.69, 9.17) is 4.74 Å². The van der Waals surface area contributed by atoms with Crippen LogP contribution in [-0.4, -0.2) is 17.4 Å². The van der Waals surface area contributed by atoms with E-state index in [1.54, 1.807) is 25.6 Å². The maximum absolute atomic E-state index is 5.08. The number of halogens is 1. The normalized spacial score (nSPS) is 8.50. The Bertz CT molecular complexity index is 314. The molecular formula is C9H8BrNO. The van der Waals surface area contributed by atoms with Crippen molar-refractivity contribution >= 4 is 15.9 Å². The highest BCUT2D eigenvalue weighted by Gasteiger charge is 1.96. The summed E-state index contributed by atoms with van der Waals surface area (Å²) in [6.07, 6.45) is 3.37. The Morgan fingerprint density at radius 2 is 2.50 bits per heavy atom. The maximum Gasteiger partial charge on any atom is 0.137 e. The minimum absolute atomic E-state index is 0.658. The number of pyridine rings is 1. The van der Waals surface area contributed by atoms with E-state index in [0.717, 1.165) is 11.3 Å². The van der Waals surface area contributed by atoms with Gasteiger partial charge in [-0.3, -0.25) is 4.98 Å². The summed E-state index contributed by atoms with van der Waals surface area (Å²) in [7, 11) is 1.62. The lowest BCUT2D eigenvalue weighted by molar-refractivity contribution is 0.413. The van der Waals surface area contributed by atoms with Gasteiger partial charge in [-0.25, -0.2) is 0 Å². The van der Waals surface area contributed by atoms with Crippen LogP contribution in [0.1, 0.15) is 5.56 Å².